The number of rotatable bonds is 3. The predicted molar refractivity (Wildman–Crippen MR) is 85.5 cm³/mol. The highest BCUT2D eigenvalue weighted by atomic mass is 19.1. The molecule has 0 saturated carbocycles. The number of nitrogens with zero attached hydrogens (tertiary/aromatic N) is 2. The molecule has 0 spiro atoms. The molecule has 7 heteroatoms. The van der Waals surface area contributed by atoms with E-state index in [9.17, 15) is 19.1 Å². The van der Waals surface area contributed by atoms with Gasteiger partial charge < -0.3 is 9.84 Å². The number of carboxylic acid groups (broad SMARTS) is 1. The highest BCUT2D eigenvalue weighted by Gasteiger charge is 2.21. The molecular weight excluding hydrogens is 315 g/mol. The number of aromatic nitrogens is 2. The molecule has 24 heavy (non-hydrogen) atoms. The van der Waals surface area contributed by atoms with Crippen LogP contribution in [0.4, 0.5) is 4.39 Å². The molecule has 2 aromatic heterocycles. The number of fused-ring (bicyclic) bond motifs is 1. The van der Waals surface area contributed by atoms with Crippen LogP contribution in [0, 0.1) is 12.7 Å². The Hall–Kier alpha value is -3.22. The van der Waals surface area contributed by atoms with Crippen LogP contribution in [0.1, 0.15) is 16.1 Å². The van der Waals surface area contributed by atoms with E-state index in [4.69, 9.17) is 4.74 Å². The van der Waals surface area contributed by atoms with Crippen molar-refractivity contribution in [3.8, 4) is 11.6 Å². The zero-order valence-corrected chi connectivity index (χ0v) is 12.9. The number of hydrogen-bond acceptors (Lipinski definition) is 4. The number of methoxy groups -OCH3 is 1. The molecule has 0 unspecified atom stereocenters. The maximum Gasteiger partial charge on any atom is 0.338 e. The van der Waals surface area contributed by atoms with Crippen molar-refractivity contribution in [3.63, 3.8) is 0 Å². The van der Waals surface area contributed by atoms with Gasteiger partial charge in [-0.1, -0.05) is 12.1 Å². The van der Waals surface area contributed by atoms with E-state index in [1.807, 2.05) is 0 Å². The van der Waals surface area contributed by atoms with Gasteiger partial charge in [-0.2, -0.15) is 0 Å². The van der Waals surface area contributed by atoms with E-state index < -0.39 is 17.3 Å². The Morgan fingerprint density at radius 1 is 1.29 bits per heavy atom. The summed E-state index contributed by atoms with van der Waals surface area (Å²) in [5.41, 5.74) is -0.249. The molecule has 0 saturated heterocycles. The molecule has 2 heterocycles. The lowest BCUT2D eigenvalue weighted by Crippen LogP contribution is -2.25. The van der Waals surface area contributed by atoms with E-state index in [-0.39, 0.29) is 22.0 Å². The topological polar surface area (TPSA) is 81.4 Å². The van der Waals surface area contributed by atoms with Crippen LogP contribution in [0.5, 0.6) is 5.88 Å². The van der Waals surface area contributed by atoms with Crippen molar-refractivity contribution in [3.05, 3.63) is 64.0 Å². The molecule has 122 valence electrons. The van der Waals surface area contributed by atoms with Gasteiger partial charge in [-0.25, -0.2) is 14.2 Å². The summed E-state index contributed by atoms with van der Waals surface area (Å²) in [7, 11) is 1.45. The summed E-state index contributed by atoms with van der Waals surface area (Å²) in [6, 6.07) is 7.02. The molecule has 0 aliphatic carbocycles. The Kier molecular flexibility index (Phi) is 3.76. The van der Waals surface area contributed by atoms with Gasteiger partial charge >= 0.3 is 5.97 Å². The minimum Gasteiger partial charge on any atom is -0.481 e. The first-order valence-electron chi connectivity index (χ1n) is 7.03. The van der Waals surface area contributed by atoms with Crippen molar-refractivity contribution in [2.75, 3.05) is 7.11 Å². The number of carbonyl (C=O) groups is 1. The first-order chi connectivity index (χ1) is 11.5. The van der Waals surface area contributed by atoms with Gasteiger partial charge in [-0.3, -0.25) is 9.36 Å². The van der Waals surface area contributed by atoms with Gasteiger partial charge in [-0.15, -0.1) is 0 Å². The summed E-state index contributed by atoms with van der Waals surface area (Å²) >= 11 is 0. The zero-order valence-electron chi connectivity index (χ0n) is 12.9. The Morgan fingerprint density at radius 3 is 2.62 bits per heavy atom. The van der Waals surface area contributed by atoms with Crippen molar-refractivity contribution in [2.45, 2.75) is 6.92 Å². The second kappa shape index (κ2) is 5.77. The lowest BCUT2D eigenvalue weighted by Gasteiger charge is -2.15. The quantitative estimate of drug-likeness (QED) is 0.799. The van der Waals surface area contributed by atoms with E-state index in [1.165, 1.54) is 38.4 Å². The monoisotopic (exact) mass is 328 g/mol. The fraction of sp³-hybridized carbons (Fsp3) is 0.118. The van der Waals surface area contributed by atoms with Crippen molar-refractivity contribution in [1.82, 2.24) is 9.55 Å². The minimum atomic E-state index is -1.24. The van der Waals surface area contributed by atoms with Gasteiger partial charge in [-0.05, 0) is 19.1 Å². The maximum atomic E-state index is 14.2. The van der Waals surface area contributed by atoms with Crippen LogP contribution in [0.3, 0.4) is 0 Å². The lowest BCUT2D eigenvalue weighted by molar-refractivity contribution is 0.0697. The number of hydrogen-bond donors (Lipinski definition) is 1. The largest absolute Gasteiger partial charge is 0.481 e. The molecule has 0 amide bonds. The number of aromatic carboxylic acids is 1. The highest BCUT2D eigenvalue weighted by molar-refractivity contribution is 6.04. The first-order valence-corrected chi connectivity index (χ1v) is 7.03. The summed E-state index contributed by atoms with van der Waals surface area (Å²) in [4.78, 5) is 28.4. The molecule has 1 aromatic carbocycles. The van der Waals surface area contributed by atoms with Crippen LogP contribution < -0.4 is 10.3 Å². The van der Waals surface area contributed by atoms with Crippen molar-refractivity contribution in [2.24, 2.45) is 0 Å². The molecule has 1 N–H and O–H groups in total. The second-order valence-corrected chi connectivity index (χ2v) is 5.13. The zero-order chi connectivity index (χ0) is 17.4. The van der Waals surface area contributed by atoms with E-state index in [0.29, 0.717) is 11.6 Å². The van der Waals surface area contributed by atoms with Gasteiger partial charge in [0.25, 0.3) is 5.56 Å². The third-order valence-corrected chi connectivity index (χ3v) is 3.80. The van der Waals surface area contributed by atoms with Crippen LogP contribution in [-0.2, 0) is 0 Å². The number of benzene rings is 1. The predicted octanol–water partition coefficient (Wildman–Crippen LogP) is 2.54. The standard InChI is InChI=1S/C17H13FN2O4/c1-9-14(17(22)23)11-4-3-5-12(18)15(11)16(21)20(9)10-6-7-13(24-2)19-8-10/h3-8H,1-2H3,(H,22,23). The van der Waals surface area contributed by atoms with Gasteiger partial charge in [0.15, 0.2) is 0 Å². The van der Waals surface area contributed by atoms with Crippen LogP contribution in [0.25, 0.3) is 16.5 Å². The van der Waals surface area contributed by atoms with Crippen LogP contribution in [0.15, 0.2) is 41.3 Å². The third kappa shape index (κ3) is 2.30. The maximum absolute atomic E-state index is 14.2. The molecule has 0 bridgehead atoms. The average Bonchev–Trinajstić information content (AvgIpc) is 2.55. The Morgan fingerprint density at radius 2 is 2.04 bits per heavy atom. The Balaban J connectivity index is 2.46. The molecule has 0 radical (unpaired) electrons. The third-order valence-electron chi connectivity index (χ3n) is 3.80. The van der Waals surface area contributed by atoms with E-state index in [2.05, 4.69) is 4.98 Å². The molecular formula is C17H13FN2O4. The van der Waals surface area contributed by atoms with Crippen molar-refractivity contribution < 1.29 is 19.0 Å². The summed E-state index contributed by atoms with van der Waals surface area (Å²) in [5.74, 6) is -1.66. The molecule has 3 aromatic rings. The number of ether oxygens (including phenoxy) is 1. The molecule has 0 aliphatic rings. The molecule has 0 atom stereocenters. The fourth-order valence-electron chi connectivity index (χ4n) is 2.73. The second-order valence-electron chi connectivity index (χ2n) is 5.13. The van der Waals surface area contributed by atoms with Gasteiger partial charge in [0.1, 0.15) is 5.82 Å². The Labute approximate surface area is 135 Å². The Bertz CT molecular complexity index is 1010. The lowest BCUT2D eigenvalue weighted by atomic mass is 10.0. The van der Waals surface area contributed by atoms with E-state index in [0.717, 1.165) is 10.6 Å². The van der Waals surface area contributed by atoms with Crippen LogP contribution in [0.2, 0.25) is 0 Å². The van der Waals surface area contributed by atoms with Crippen LogP contribution >= 0.6 is 0 Å². The van der Waals surface area contributed by atoms with E-state index in [1.54, 1.807) is 6.07 Å². The van der Waals surface area contributed by atoms with Gasteiger partial charge in [0.2, 0.25) is 5.88 Å². The minimum absolute atomic E-state index is 0.0720. The molecule has 0 aliphatic heterocycles. The van der Waals surface area contributed by atoms with E-state index >= 15 is 0 Å². The number of pyridine rings is 2. The molecule has 6 nitrogen and oxygen atoms in total. The fourth-order valence-corrected chi connectivity index (χ4v) is 2.73. The SMILES string of the molecule is COc1ccc(-n2c(C)c(C(=O)O)c3cccc(F)c3c2=O)cn1. The van der Waals surface area contributed by atoms with Gasteiger partial charge in [0.05, 0.1) is 29.9 Å². The smallest absolute Gasteiger partial charge is 0.338 e. The summed E-state index contributed by atoms with van der Waals surface area (Å²) in [5, 5.41) is 9.33. The number of halogens is 1. The van der Waals surface area contributed by atoms with Gasteiger partial charge in [0, 0.05) is 17.1 Å². The first kappa shape index (κ1) is 15.7. The summed E-state index contributed by atoms with van der Waals surface area (Å²) < 4.78 is 20.3. The highest BCUT2D eigenvalue weighted by Crippen LogP contribution is 2.24. The van der Waals surface area contributed by atoms with Crippen molar-refractivity contribution >= 4 is 16.7 Å². The number of carboxylic acids is 1. The average molecular weight is 328 g/mol. The summed E-state index contributed by atoms with van der Waals surface area (Å²) in [6.07, 6.45) is 1.37. The molecule has 0 fully saturated rings. The summed E-state index contributed by atoms with van der Waals surface area (Å²) in [6.45, 7) is 1.50. The molecule has 3 rings (SSSR count). The van der Waals surface area contributed by atoms with Crippen molar-refractivity contribution in [1.29, 1.82) is 0 Å². The normalized spacial score (nSPS) is 10.8. The van der Waals surface area contributed by atoms with Crippen LogP contribution in [-0.4, -0.2) is 27.7 Å².